The Bertz CT molecular complexity index is 568. The number of carbonyl (C=O) groups excluding carboxylic acids is 1. The Hall–Kier alpha value is -1.31. The highest BCUT2D eigenvalue weighted by molar-refractivity contribution is 14.0. The highest BCUT2D eigenvalue weighted by atomic mass is 127. The van der Waals surface area contributed by atoms with Gasteiger partial charge in [0.15, 0.2) is 5.96 Å². The van der Waals surface area contributed by atoms with E-state index in [9.17, 15) is 4.79 Å². The second-order valence-electron chi connectivity index (χ2n) is 6.95. The predicted molar refractivity (Wildman–Crippen MR) is 119 cm³/mol. The van der Waals surface area contributed by atoms with Crippen molar-refractivity contribution in [2.45, 2.75) is 33.6 Å². The first-order chi connectivity index (χ1) is 12.0. The smallest absolute Gasteiger partial charge is 0.219 e. The lowest BCUT2D eigenvalue weighted by Crippen LogP contribution is -2.53. The molecule has 2 rings (SSSR count). The number of hydrogen-bond acceptors (Lipinski definition) is 2. The molecule has 1 aliphatic rings. The maximum atomic E-state index is 11.5. The van der Waals surface area contributed by atoms with E-state index in [1.165, 1.54) is 5.56 Å². The van der Waals surface area contributed by atoms with E-state index < -0.39 is 0 Å². The average Bonchev–Trinajstić information content (AvgIpc) is 2.61. The first-order valence-electron chi connectivity index (χ1n) is 9.36. The summed E-state index contributed by atoms with van der Waals surface area (Å²) in [5.41, 5.74) is 1.35. The zero-order chi connectivity index (χ0) is 18.2. The molecule has 0 aliphatic carbocycles. The van der Waals surface area contributed by atoms with Crippen molar-refractivity contribution in [1.82, 2.24) is 15.1 Å². The molecule has 1 aromatic carbocycles. The molecule has 26 heavy (non-hydrogen) atoms. The fourth-order valence-corrected chi connectivity index (χ4v) is 3.25. The van der Waals surface area contributed by atoms with Crippen LogP contribution in [0.5, 0.6) is 0 Å². The van der Waals surface area contributed by atoms with Gasteiger partial charge in [0.05, 0.1) is 0 Å². The van der Waals surface area contributed by atoms with Crippen molar-refractivity contribution < 1.29 is 4.79 Å². The predicted octanol–water partition coefficient (Wildman–Crippen LogP) is 3.17. The molecule has 0 bridgehead atoms. The number of nitrogens with one attached hydrogen (secondary N) is 1. The van der Waals surface area contributed by atoms with Crippen LogP contribution in [0.2, 0.25) is 0 Å². The molecule has 6 heteroatoms. The minimum Gasteiger partial charge on any atom is -0.357 e. The van der Waals surface area contributed by atoms with Crippen LogP contribution in [0.15, 0.2) is 35.3 Å². The van der Waals surface area contributed by atoms with Gasteiger partial charge in [-0.2, -0.15) is 0 Å². The molecule has 0 aromatic heterocycles. The molecular weight excluding hydrogens is 439 g/mol. The third kappa shape index (κ3) is 6.45. The van der Waals surface area contributed by atoms with E-state index in [0.29, 0.717) is 11.8 Å². The minimum absolute atomic E-state index is 0. The molecule has 5 nitrogen and oxygen atoms in total. The van der Waals surface area contributed by atoms with E-state index in [1.54, 1.807) is 6.92 Å². The van der Waals surface area contributed by atoms with Crippen molar-refractivity contribution in [3.05, 3.63) is 35.9 Å². The van der Waals surface area contributed by atoms with E-state index >= 15 is 0 Å². The number of carbonyl (C=O) groups is 1. The lowest BCUT2D eigenvalue weighted by molar-refractivity contribution is -0.130. The van der Waals surface area contributed by atoms with Gasteiger partial charge in [0.25, 0.3) is 0 Å². The standard InChI is InChI=1S/C20H32N4O.HI/c1-5-21-20(24-13-11-23(12-14-24)17(4)25)22-15-19(16(2)3)18-9-7-6-8-10-18;/h6-10,16,19H,5,11-15H2,1-4H3,(H,21,22);1H. The number of halogens is 1. The minimum atomic E-state index is 0. The SMILES string of the molecule is CCNC(=NCC(c1ccccc1)C(C)C)N1CCN(C(C)=O)CC1.I. The summed E-state index contributed by atoms with van der Waals surface area (Å²) >= 11 is 0. The largest absolute Gasteiger partial charge is 0.357 e. The molecular formula is C20H33IN4O. The number of hydrogen-bond donors (Lipinski definition) is 1. The monoisotopic (exact) mass is 472 g/mol. The fourth-order valence-electron chi connectivity index (χ4n) is 3.25. The van der Waals surface area contributed by atoms with E-state index in [-0.39, 0.29) is 29.9 Å². The molecule has 1 fully saturated rings. The van der Waals surface area contributed by atoms with Gasteiger partial charge in [0, 0.05) is 52.1 Å². The number of amides is 1. The van der Waals surface area contributed by atoms with E-state index in [2.05, 4.69) is 61.3 Å². The number of nitrogens with zero attached hydrogens (tertiary/aromatic N) is 3. The molecule has 1 atom stereocenters. The number of aliphatic imine (C=N–C) groups is 1. The fraction of sp³-hybridized carbons (Fsp3) is 0.600. The third-order valence-electron chi connectivity index (χ3n) is 4.83. The summed E-state index contributed by atoms with van der Waals surface area (Å²) in [5.74, 6) is 2.06. The van der Waals surface area contributed by atoms with Gasteiger partial charge in [0.2, 0.25) is 5.91 Å². The van der Waals surface area contributed by atoms with E-state index in [0.717, 1.165) is 45.2 Å². The summed E-state index contributed by atoms with van der Waals surface area (Å²) in [4.78, 5) is 20.6. The zero-order valence-electron chi connectivity index (χ0n) is 16.4. The van der Waals surface area contributed by atoms with Gasteiger partial charge in [-0.15, -0.1) is 24.0 Å². The van der Waals surface area contributed by atoms with Gasteiger partial charge in [-0.1, -0.05) is 44.2 Å². The highest BCUT2D eigenvalue weighted by Gasteiger charge is 2.22. The molecule has 1 heterocycles. The summed E-state index contributed by atoms with van der Waals surface area (Å²) in [5, 5.41) is 3.41. The summed E-state index contributed by atoms with van der Waals surface area (Å²) in [6.45, 7) is 13.1. The molecule has 146 valence electrons. The average molecular weight is 472 g/mol. The first-order valence-corrected chi connectivity index (χ1v) is 9.36. The first kappa shape index (κ1) is 22.7. The quantitative estimate of drug-likeness (QED) is 0.407. The van der Waals surface area contributed by atoms with Crippen molar-refractivity contribution in [3.8, 4) is 0 Å². The van der Waals surface area contributed by atoms with Crippen LogP contribution in [0, 0.1) is 5.92 Å². The molecule has 1 N–H and O–H groups in total. The Balaban J connectivity index is 0.00000338. The van der Waals surface area contributed by atoms with Gasteiger partial charge in [-0.05, 0) is 18.4 Å². The topological polar surface area (TPSA) is 47.9 Å². The van der Waals surface area contributed by atoms with Crippen LogP contribution >= 0.6 is 24.0 Å². The molecule has 1 amide bonds. The molecule has 1 aromatic rings. The van der Waals surface area contributed by atoms with Crippen molar-refractivity contribution in [2.24, 2.45) is 10.9 Å². The van der Waals surface area contributed by atoms with Crippen LogP contribution in [-0.4, -0.2) is 60.9 Å². The Kier molecular flexibility index (Phi) is 9.98. The number of guanidine groups is 1. The lowest BCUT2D eigenvalue weighted by Gasteiger charge is -2.36. The van der Waals surface area contributed by atoms with Gasteiger partial charge in [-0.3, -0.25) is 9.79 Å². The van der Waals surface area contributed by atoms with Crippen LogP contribution in [0.1, 0.15) is 39.2 Å². The molecule has 1 saturated heterocycles. The van der Waals surface area contributed by atoms with Gasteiger partial charge >= 0.3 is 0 Å². The summed E-state index contributed by atoms with van der Waals surface area (Å²) in [6, 6.07) is 10.6. The van der Waals surface area contributed by atoms with Crippen LogP contribution in [0.25, 0.3) is 0 Å². The van der Waals surface area contributed by atoms with Gasteiger partial charge in [0.1, 0.15) is 0 Å². The number of rotatable bonds is 5. The van der Waals surface area contributed by atoms with Gasteiger partial charge < -0.3 is 15.1 Å². The maximum absolute atomic E-state index is 11.5. The molecule has 0 radical (unpaired) electrons. The Morgan fingerprint density at radius 3 is 2.19 bits per heavy atom. The van der Waals surface area contributed by atoms with E-state index in [4.69, 9.17) is 4.99 Å². The maximum Gasteiger partial charge on any atom is 0.219 e. The number of benzene rings is 1. The highest BCUT2D eigenvalue weighted by Crippen LogP contribution is 2.24. The molecule has 1 unspecified atom stereocenters. The number of piperazine rings is 1. The Morgan fingerprint density at radius 2 is 1.69 bits per heavy atom. The second-order valence-corrected chi connectivity index (χ2v) is 6.95. The van der Waals surface area contributed by atoms with Crippen LogP contribution in [0.4, 0.5) is 0 Å². The van der Waals surface area contributed by atoms with Crippen molar-refractivity contribution in [3.63, 3.8) is 0 Å². The van der Waals surface area contributed by atoms with Crippen molar-refractivity contribution in [1.29, 1.82) is 0 Å². The Morgan fingerprint density at radius 1 is 1.12 bits per heavy atom. The third-order valence-corrected chi connectivity index (χ3v) is 4.83. The van der Waals surface area contributed by atoms with Crippen LogP contribution in [-0.2, 0) is 4.79 Å². The lowest BCUT2D eigenvalue weighted by atomic mass is 9.88. The van der Waals surface area contributed by atoms with Crippen LogP contribution < -0.4 is 5.32 Å². The second kappa shape index (κ2) is 11.4. The molecule has 0 saturated carbocycles. The van der Waals surface area contributed by atoms with Crippen molar-refractivity contribution >= 4 is 35.8 Å². The molecule has 0 spiro atoms. The van der Waals surface area contributed by atoms with E-state index in [1.807, 2.05) is 4.90 Å². The molecule has 1 aliphatic heterocycles. The normalized spacial score (nSPS) is 16.3. The summed E-state index contributed by atoms with van der Waals surface area (Å²) in [7, 11) is 0. The van der Waals surface area contributed by atoms with Crippen LogP contribution in [0.3, 0.4) is 0 Å². The van der Waals surface area contributed by atoms with Crippen molar-refractivity contribution in [2.75, 3.05) is 39.3 Å². The van der Waals surface area contributed by atoms with Gasteiger partial charge in [-0.25, -0.2) is 0 Å². The zero-order valence-corrected chi connectivity index (χ0v) is 18.8. The Labute approximate surface area is 175 Å². The summed E-state index contributed by atoms with van der Waals surface area (Å²) < 4.78 is 0. The summed E-state index contributed by atoms with van der Waals surface area (Å²) in [6.07, 6.45) is 0.